The zero-order chi connectivity index (χ0) is 15.3. The van der Waals surface area contributed by atoms with Gasteiger partial charge >= 0.3 is 0 Å². The van der Waals surface area contributed by atoms with Gasteiger partial charge in [-0.2, -0.15) is 0 Å². The van der Waals surface area contributed by atoms with Crippen LogP contribution in [-0.2, 0) is 0 Å². The lowest BCUT2D eigenvalue weighted by Gasteiger charge is -2.02. The topological polar surface area (TPSA) is 24.1 Å². The van der Waals surface area contributed by atoms with Crippen LogP contribution in [-0.4, -0.2) is 26.2 Å². The van der Waals surface area contributed by atoms with Crippen LogP contribution in [0.1, 0.15) is 11.1 Å². The highest BCUT2D eigenvalue weighted by molar-refractivity contribution is 5.49. The lowest BCUT2D eigenvalue weighted by atomic mass is 10.2. The van der Waals surface area contributed by atoms with E-state index in [2.05, 4.69) is 83.5 Å². The van der Waals surface area contributed by atoms with Gasteiger partial charge in [-0.25, -0.2) is 0 Å². The van der Waals surface area contributed by atoms with Crippen molar-refractivity contribution in [3.63, 3.8) is 0 Å². The average Bonchev–Trinajstić information content (AvgIpc) is 2.58. The Kier molecular flexibility index (Phi) is 7.78. The SMILES string of the molecule is C(=C/c1ccccc1)/CNCCNC/C=C\c1ccccc1. The van der Waals surface area contributed by atoms with E-state index < -0.39 is 0 Å². The third kappa shape index (κ3) is 7.02. The van der Waals surface area contributed by atoms with Gasteiger partial charge in [0.05, 0.1) is 0 Å². The molecule has 0 amide bonds. The molecule has 2 aromatic carbocycles. The third-order valence-corrected chi connectivity index (χ3v) is 3.22. The zero-order valence-electron chi connectivity index (χ0n) is 12.9. The lowest BCUT2D eigenvalue weighted by Crippen LogP contribution is -2.27. The summed E-state index contributed by atoms with van der Waals surface area (Å²) in [4.78, 5) is 0. The van der Waals surface area contributed by atoms with E-state index in [0.717, 1.165) is 26.2 Å². The Morgan fingerprint density at radius 1 is 0.591 bits per heavy atom. The molecule has 2 aromatic rings. The summed E-state index contributed by atoms with van der Waals surface area (Å²) in [7, 11) is 0. The standard InChI is InChI=1S/C20H24N2/c1-3-9-19(10-4-1)13-7-15-21-17-18-22-16-8-14-20-11-5-2-6-12-20/h1-14,21-22H,15-18H2/b13-7-,14-8-. The number of nitrogens with one attached hydrogen (secondary N) is 2. The summed E-state index contributed by atoms with van der Waals surface area (Å²) in [6.45, 7) is 3.74. The van der Waals surface area contributed by atoms with E-state index in [0.29, 0.717) is 0 Å². The van der Waals surface area contributed by atoms with Gasteiger partial charge in [0.1, 0.15) is 0 Å². The summed E-state index contributed by atoms with van der Waals surface area (Å²) >= 11 is 0. The Morgan fingerprint density at radius 2 is 1.00 bits per heavy atom. The maximum atomic E-state index is 3.39. The average molecular weight is 292 g/mol. The van der Waals surface area contributed by atoms with Crippen LogP contribution >= 0.6 is 0 Å². The molecule has 0 aromatic heterocycles. The molecule has 2 rings (SSSR count). The van der Waals surface area contributed by atoms with Crippen LogP contribution in [0.4, 0.5) is 0 Å². The number of hydrogen-bond acceptors (Lipinski definition) is 2. The Hall–Kier alpha value is -2.16. The molecule has 0 heterocycles. The van der Waals surface area contributed by atoms with Crippen molar-refractivity contribution in [2.45, 2.75) is 0 Å². The lowest BCUT2D eigenvalue weighted by molar-refractivity contribution is 0.669. The first-order valence-corrected chi connectivity index (χ1v) is 7.80. The molecule has 0 spiro atoms. The van der Waals surface area contributed by atoms with Gasteiger partial charge in [-0.3, -0.25) is 0 Å². The van der Waals surface area contributed by atoms with Crippen molar-refractivity contribution in [3.8, 4) is 0 Å². The first-order chi connectivity index (χ1) is 10.9. The highest BCUT2D eigenvalue weighted by Crippen LogP contribution is 2.00. The van der Waals surface area contributed by atoms with Crippen LogP contribution in [0, 0.1) is 0 Å². The summed E-state index contributed by atoms with van der Waals surface area (Å²) < 4.78 is 0. The quantitative estimate of drug-likeness (QED) is 0.690. The highest BCUT2D eigenvalue weighted by atomic mass is 14.9. The first kappa shape index (κ1) is 16.2. The minimum Gasteiger partial charge on any atom is -0.312 e. The second-order valence-corrected chi connectivity index (χ2v) is 5.03. The van der Waals surface area contributed by atoms with Crippen molar-refractivity contribution in [3.05, 3.63) is 83.9 Å². The largest absolute Gasteiger partial charge is 0.312 e. The van der Waals surface area contributed by atoms with Gasteiger partial charge in [0.2, 0.25) is 0 Å². The van der Waals surface area contributed by atoms with E-state index >= 15 is 0 Å². The highest BCUT2D eigenvalue weighted by Gasteiger charge is 1.86. The maximum Gasteiger partial charge on any atom is 0.0138 e. The molecule has 0 aliphatic heterocycles. The van der Waals surface area contributed by atoms with Gasteiger partial charge in [-0.1, -0.05) is 85.0 Å². The van der Waals surface area contributed by atoms with Gasteiger partial charge in [-0.15, -0.1) is 0 Å². The van der Waals surface area contributed by atoms with Crippen LogP contribution < -0.4 is 10.6 Å². The normalized spacial score (nSPS) is 11.5. The molecule has 0 aliphatic carbocycles. The molecular weight excluding hydrogens is 268 g/mol. The summed E-state index contributed by atoms with van der Waals surface area (Å²) in [5.74, 6) is 0. The molecule has 114 valence electrons. The van der Waals surface area contributed by atoms with Crippen LogP contribution in [0.15, 0.2) is 72.8 Å². The Bertz CT molecular complexity index is 505. The van der Waals surface area contributed by atoms with E-state index in [1.165, 1.54) is 11.1 Å². The van der Waals surface area contributed by atoms with Crippen molar-refractivity contribution in [1.82, 2.24) is 10.6 Å². The monoisotopic (exact) mass is 292 g/mol. The minimum absolute atomic E-state index is 0.899. The van der Waals surface area contributed by atoms with Crippen molar-refractivity contribution in [1.29, 1.82) is 0 Å². The van der Waals surface area contributed by atoms with Crippen LogP contribution in [0.25, 0.3) is 12.2 Å². The second kappa shape index (κ2) is 10.6. The fraction of sp³-hybridized carbons (Fsp3) is 0.200. The Morgan fingerprint density at radius 3 is 1.41 bits per heavy atom. The van der Waals surface area contributed by atoms with E-state index in [1.807, 2.05) is 12.1 Å². The number of benzene rings is 2. The van der Waals surface area contributed by atoms with Gasteiger partial charge in [0.15, 0.2) is 0 Å². The Balaban J connectivity index is 1.48. The molecule has 2 N–H and O–H groups in total. The maximum absolute atomic E-state index is 3.39. The van der Waals surface area contributed by atoms with Crippen LogP contribution in [0.5, 0.6) is 0 Å². The Labute approximate surface area is 133 Å². The summed E-state index contributed by atoms with van der Waals surface area (Å²) in [6, 6.07) is 20.7. The molecule has 0 bridgehead atoms. The van der Waals surface area contributed by atoms with Crippen LogP contribution in [0.3, 0.4) is 0 Å². The molecule has 0 fully saturated rings. The minimum atomic E-state index is 0.899. The van der Waals surface area contributed by atoms with E-state index in [4.69, 9.17) is 0 Å². The van der Waals surface area contributed by atoms with Crippen molar-refractivity contribution in [2.75, 3.05) is 26.2 Å². The van der Waals surface area contributed by atoms with Crippen molar-refractivity contribution >= 4 is 12.2 Å². The molecule has 2 nitrogen and oxygen atoms in total. The fourth-order valence-corrected chi connectivity index (χ4v) is 2.07. The molecule has 0 unspecified atom stereocenters. The molecule has 0 saturated carbocycles. The number of rotatable bonds is 9. The molecule has 0 atom stereocenters. The van der Waals surface area contributed by atoms with Gasteiger partial charge in [0.25, 0.3) is 0 Å². The molecule has 2 heteroatoms. The molecule has 0 saturated heterocycles. The van der Waals surface area contributed by atoms with Crippen molar-refractivity contribution in [2.24, 2.45) is 0 Å². The van der Waals surface area contributed by atoms with Gasteiger partial charge in [-0.05, 0) is 11.1 Å². The van der Waals surface area contributed by atoms with Crippen molar-refractivity contribution < 1.29 is 0 Å². The van der Waals surface area contributed by atoms with E-state index in [9.17, 15) is 0 Å². The third-order valence-electron chi connectivity index (χ3n) is 3.22. The van der Waals surface area contributed by atoms with Gasteiger partial charge < -0.3 is 10.6 Å². The fourth-order valence-electron chi connectivity index (χ4n) is 2.07. The molecule has 22 heavy (non-hydrogen) atoms. The molecule has 0 aliphatic rings. The summed E-state index contributed by atoms with van der Waals surface area (Å²) in [5.41, 5.74) is 2.49. The van der Waals surface area contributed by atoms with E-state index in [-0.39, 0.29) is 0 Å². The van der Waals surface area contributed by atoms with Gasteiger partial charge in [0, 0.05) is 26.2 Å². The summed E-state index contributed by atoms with van der Waals surface area (Å²) in [5, 5.41) is 6.78. The summed E-state index contributed by atoms with van der Waals surface area (Å²) in [6.07, 6.45) is 8.60. The first-order valence-electron chi connectivity index (χ1n) is 7.80. The molecular formula is C20H24N2. The number of hydrogen-bond donors (Lipinski definition) is 2. The zero-order valence-corrected chi connectivity index (χ0v) is 12.9. The smallest absolute Gasteiger partial charge is 0.0138 e. The van der Waals surface area contributed by atoms with Crippen LogP contribution in [0.2, 0.25) is 0 Å². The predicted molar refractivity (Wildman–Crippen MR) is 96.7 cm³/mol. The second-order valence-electron chi connectivity index (χ2n) is 5.03. The van der Waals surface area contributed by atoms with E-state index in [1.54, 1.807) is 0 Å². The molecule has 0 radical (unpaired) electrons. The predicted octanol–water partition coefficient (Wildman–Crippen LogP) is 3.59.